The molecular weight excluding hydrogens is 535 g/mol. The normalized spacial score (nSPS) is 16.7. The zero-order valence-electron chi connectivity index (χ0n) is 25.1. The first-order valence-corrected chi connectivity index (χ1v) is 14.4. The third-order valence-corrected chi connectivity index (χ3v) is 8.06. The van der Waals surface area contributed by atoms with Gasteiger partial charge in [0.05, 0.1) is 31.8 Å². The highest BCUT2D eigenvalue weighted by Gasteiger charge is 2.37. The summed E-state index contributed by atoms with van der Waals surface area (Å²) in [7, 11) is 1.59. The standard InChI is InChI=1S/C27H33FN2O5.C7H8/c1-17(2)35-24-14-19-16-30(25(31)15-18(19)13-23(24)34-4)22-7-5-20(6-8-22)27(3,33)21-9-11-29(12-10-21)26(28)32;1-7-5-3-2-4-6-7/h5-8,13-14,17,21,33H,9-12,15-16H2,1-4H3;2-6H,1H3. The average molecular weight is 577 g/mol. The van der Waals surface area contributed by atoms with Gasteiger partial charge in [-0.3, -0.25) is 4.79 Å². The number of carbonyl (C=O) groups excluding carboxylic acids is 2. The molecule has 2 amide bonds. The van der Waals surface area contributed by atoms with E-state index >= 15 is 0 Å². The molecule has 0 spiro atoms. The van der Waals surface area contributed by atoms with E-state index in [9.17, 15) is 19.1 Å². The molecule has 0 bridgehead atoms. The second-order valence-electron chi connectivity index (χ2n) is 11.5. The van der Waals surface area contributed by atoms with Gasteiger partial charge in [-0.25, -0.2) is 4.79 Å². The third-order valence-electron chi connectivity index (χ3n) is 8.06. The van der Waals surface area contributed by atoms with E-state index in [0.717, 1.165) is 22.4 Å². The molecule has 2 aliphatic heterocycles. The van der Waals surface area contributed by atoms with Crippen molar-refractivity contribution in [3.05, 3.63) is 89.0 Å². The van der Waals surface area contributed by atoms with Gasteiger partial charge >= 0.3 is 6.16 Å². The smallest absolute Gasteiger partial charge is 0.400 e. The summed E-state index contributed by atoms with van der Waals surface area (Å²) < 4.78 is 24.3. The van der Waals surface area contributed by atoms with Gasteiger partial charge in [0.15, 0.2) is 11.5 Å². The van der Waals surface area contributed by atoms with E-state index in [1.807, 2.05) is 68.4 Å². The number of ether oxygens (including phenoxy) is 2. The number of hydrogen-bond acceptors (Lipinski definition) is 5. The minimum Gasteiger partial charge on any atom is -0.493 e. The van der Waals surface area contributed by atoms with Gasteiger partial charge in [-0.15, -0.1) is 4.39 Å². The van der Waals surface area contributed by atoms with Crippen LogP contribution >= 0.6 is 0 Å². The number of benzene rings is 3. The molecule has 1 unspecified atom stereocenters. The van der Waals surface area contributed by atoms with E-state index in [2.05, 4.69) is 19.1 Å². The molecule has 1 N–H and O–H groups in total. The third kappa shape index (κ3) is 7.29. The highest BCUT2D eigenvalue weighted by molar-refractivity contribution is 5.96. The van der Waals surface area contributed by atoms with E-state index < -0.39 is 11.8 Å². The van der Waals surface area contributed by atoms with Crippen molar-refractivity contribution in [2.75, 3.05) is 25.1 Å². The van der Waals surface area contributed by atoms with Crippen LogP contribution in [-0.4, -0.2) is 48.4 Å². The van der Waals surface area contributed by atoms with Crippen LogP contribution in [0.25, 0.3) is 0 Å². The Morgan fingerprint density at radius 3 is 2.14 bits per heavy atom. The molecular formula is C34H41FN2O5. The summed E-state index contributed by atoms with van der Waals surface area (Å²) in [5.74, 6) is 1.16. The fourth-order valence-corrected chi connectivity index (χ4v) is 5.58. The molecule has 0 aromatic heterocycles. The Morgan fingerprint density at radius 2 is 1.62 bits per heavy atom. The lowest BCUT2D eigenvalue weighted by Gasteiger charge is -2.39. The number of rotatable bonds is 6. The number of nitrogens with zero attached hydrogens (tertiary/aromatic N) is 2. The van der Waals surface area contributed by atoms with Crippen molar-refractivity contribution < 1.29 is 28.6 Å². The van der Waals surface area contributed by atoms with Crippen LogP contribution in [0.1, 0.15) is 55.9 Å². The van der Waals surface area contributed by atoms with E-state index in [-0.39, 0.29) is 24.3 Å². The van der Waals surface area contributed by atoms with Crippen LogP contribution in [-0.2, 0) is 23.4 Å². The molecule has 3 aromatic rings. The SMILES string of the molecule is COc1cc2c(cc1OC(C)C)CN(c1ccc(C(C)(O)C3CCN(C(=O)F)CC3)cc1)C(=O)C2.Cc1ccccc1. The number of piperidine rings is 1. The van der Waals surface area contributed by atoms with Crippen LogP contribution < -0.4 is 14.4 Å². The Balaban J connectivity index is 0.000000507. The van der Waals surface area contributed by atoms with E-state index in [1.165, 1.54) is 10.5 Å². The Bertz CT molecular complexity index is 1370. The maximum Gasteiger partial charge on any atom is 0.400 e. The monoisotopic (exact) mass is 576 g/mol. The molecule has 8 heteroatoms. The van der Waals surface area contributed by atoms with Crippen LogP contribution in [0.15, 0.2) is 66.7 Å². The number of fused-ring (bicyclic) bond motifs is 1. The van der Waals surface area contributed by atoms with E-state index in [0.29, 0.717) is 44.0 Å². The van der Waals surface area contributed by atoms with Crippen molar-refractivity contribution in [3.63, 3.8) is 0 Å². The van der Waals surface area contributed by atoms with Gasteiger partial charge in [0.25, 0.3) is 0 Å². The molecule has 7 nitrogen and oxygen atoms in total. The number of anilines is 1. The quantitative estimate of drug-likeness (QED) is 0.265. The maximum absolute atomic E-state index is 13.0. The highest BCUT2D eigenvalue weighted by atomic mass is 19.1. The Hall–Kier alpha value is -3.91. The van der Waals surface area contributed by atoms with Crippen LogP contribution in [0.4, 0.5) is 14.9 Å². The summed E-state index contributed by atoms with van der Waals surface area (Å²) in [6, 6.07) is 21.5. The zero-order valence-corrected chi connectivity index (χ0v) is 25.1. The summed E-state index contributed by atoms with van der Waals surface area (Å²) in [5.41, 5.74) is 3.61. The molecule has 1 saturated heterocycles. The van der Waals surface area contributed by atoms with Gasteiger partial charge in [0, 0.05) is 18.8 Å². The van der Waals surface area contributed by atoms with E-state index in [4.69, 9.17) is 9.47 Å². The average Bonchev–Trinajstić information content (AvgIpc) is 2.97. The second-order valence-corrected chi connectivity index (χ2v) is 11.5. The van der Waals surface area contributed by atoms with Crippen molar-refractivity contribution in [1.29, 1.82) is 0 Å². The summed E-state index contributed by atoms with van der Waals surface area (Å²) in [6.45, 7) is 8.75. The fraction of sp³-hybridized carbons (Fsp3) is 0.412. The van der Waals surface area contributed by atoms with Crippen molar-refractivity contribution in [1.82, 2.24) is 4.90 Å². The Labute approximate surface area is 247 Å². The molecule has 2 heterocycles. The maximum atomic E-state index is 13.0. The topological polar surface area (TPSA) is 79.3 Å². The number of aryl methyl sites for hydroxylation is 1. The minimum absolute atomic E-state index is 0.00619. The van der Waals surface area contributed by atoms with Crippen molar-refractivity contribution in [2.45, 2.75) is 65.2 Å². The van der Waals surface area contributed by atoms with Crippen molar-refractivity contribution in [3.8, 4) is 11.5 Å². The Kier molecular flexibility index (Phi) is 9.89. The predicted octanol–water partition coefficient (Wildman–Crippen LogP) is 6.58. The molecule has 42 heavy (non-hydrogen) atoms. The number of carbonyl (C=O) groups is 2. The fourth-order valence-electron chi connectivity index (χ4n) is 5.58. The predicted molar refractivity (Wildman–Crippen MR) is 162 cm³/mol. The van der Waals surface area contributed by atoms with Crippen molar-refractivity contribution in [2.24, 2.45) is 5.92 Å². The van der Waals surface area contributed by atoms with Gasteiger partial charge in [0.2, 0.25) is 5.91 Å². The second kappa shape index (κ2) is 13.4. The number of methoxy groups -OCH3 is 1. The first-order valence-electron chi connectivity index (χ1n) is 14.4. The lowest BCUT2D eigenvalue weighted by atomic mass is 9.77. The number of halogens is 1. The first-order chi connectivity index (χ1) is 20.0. The molecule has 0 saturated carbocycles. The Morgan fingerprint density at radius 1 is 1.00 bits per heavy atom. The molecule has 0 radical (unpaired) electrons. The molecule has 1 fully saturated rings. The molecule has 3 aromatic carbocycles. The van der Waals surface area contributed by atoms with Crippen LogP contribution in [0.3, 0.4) is 0 Å². The number of amides is 2. The van der Waals surface area contributed by atoms with Crippen LogP contribution in [0, 0.1) is 12.8 Å². The lowest BCUT2D eigenvalue weighted by molar-refractivity contribution is -0.118. The number of likely N-dealkylation sites (tertiary alicyclic amines) is 1. The van der Waals surface area contributed by atoms with Crippen LogP contribution in [0.5, 0.6) is 11.5 Å². The van der Waals surface area contributed by atoms with Gasteiger partial charge in [-0.1, -0.05) is 48.0 Å². The van der Waals surface area contributed by atoms with Gasteiger partial charge < -0.3 is 24.4 Å². The highest BCUT2D eigenvalue weighted by Crippen LogP contribution is 2.39. The van der Waals surface area contributed by atoms with Gasteiger partial charge in [-0.05, 0) is 87.4 Å². The largest absolute Gasteiger partial charge is 0.493 e. The molecule has 2 aliphatic rings. The van der Waals surface area contributed by atoms with Gasteiger partial charge in [-0.2, -0.15) is 0 Å². The molecule has 1 atom stereocenters. The molecule has 224 valence electrons. The summed E-state index contributed by atoms with van der Waals surface area (Å²) >= 11 is 0. The zero-order chi connectivity index (χ0) is 30.4. The molecule has 0 aliphatic carbocycles. The molecule has 5 rings (SSSR count). The number of hydrogen-bond donors (Lipinski definition) is 1. The van der Waals surface area contributed by atoms with E-state index in [1.54, 1.807) is 18.9 Å². The first kappa shape index (κ1) is 31.0. The van der Waals surface area contributed by atoms with Gasteiger partial charge in [0.1, 0.15) is 0 Å². The van der Waals surface area contributed by atoms with Crippen molar-refractivity contribution >= 4 is 17.8 Å². The minimum atomic E-state index is -1.42. The van der Waals surface area contributed by atoms with Crippen LogP contribution in [0.2, 0.25) is 0 Å². The summed E-state index contributed by atoms with van der Waals surface area (Å²) in [6.07, 6.45) is -0.111. The lowest BCUT2D eigenvalue weighted by Crippen LogP contribution is -2.43. The summed E-state index contributed by atoms with van der Waals surface area (Å²) in [5, 5.41) is 11.3. The summed E-state index contributed by atoms with van der Waals surface area (Å²) in [4.78, 5) is 26.8. The number of aliphatic hydroxyl groups is 1.